The summed E-state index contributed by atoms with van der Waals surface area (Å²) in [4.78, 5) is 15.4. The minimum absolute atomic E-state index is 0.0803. The lowest BCUT2D eigenvalue weighted by molar-refractivity contribution is 0.0745. The molecule has 2 rings (SSSR count). The van der Waals surface area contributed by atoms with Crippen molar-refractivity contribution in [2.24, 2.45) is 0 Å². The average molecular weight is 309 g/mol. The van der Waals surface area contributed by atoms with Crippen LogP contribution in [0.5, 0.6) is 0 Å². The number of hydrogen-bond acceptors (Lipinski definition) is 3. The largest absolute Gasteiger partial charge is 0.398 e. The van der Waals surface area contributed by atoms with E-state index >= 15 is 0 Å². The van der Waals surface area contributed by atoms with E-state index in [1.165, 1.54) is 4.88 Å². The van der Waals surface area contributed by atoms with Crippen molar-refractivity contribution in [1.82, 2.24) is 4.90 Å². The highest BCUT2D eigenvalue weighted by atomic mass is 35.5. The number of benzene rings is 1. The fourth-order valence-electron chi connectivity index (χ4n) is 1.98. The molecule has 2 aromatic rings. The third-order valence-electron chi connectivity index (χ3n) is 3.30. The third kappa shape index (κ3) is 3.32. The number of nitrogens with zero attached hydrogens (tertiary/aromatic N) is 1. The van der Waals surface area contributed by atoms with Crippen LogP contribution in [0.4, 0.5) is 5.69 Å². The molecule has 0 spiro atoms. The molecule has 20 heavy (non-hydrogen) atoms. The Morgan fingerprint density at radius 1 is 1.45 bits per heavy atom. The molecule has 1 amide bonds. The molecular weight excluding hydrogens is 292 g/mol. The van der Waals surface area contributed by atoms with Crippen molar-refractivity contribution >= 4 is 34.5 Å². The molecule has 0 aliphatic carbocycles. The van der Waals surface area contributed by atoms with Crippen molar-refractivity contribution in [3.8, 4) is 0 Å². The average Bonchev–Trinajstić information content (AvgIpc) is 2.90. The first kappa shape index (κ1) is 14.9. The Labute approximate surface area is 128 Å². The van der Waals surface area contributed by atoms with E-state index in [9.17, 15) is 4.79 Å². The quantitative estimate of drug-likeness (QED) is 0.876. The van der Waals surface area contributed by atoms with Gasteiger partial charge in [0.05, 0.1) is 5.56 Å². The van der Waals surface area contributed by atoms with Crippen molar-refractivity contribution in [3.05, 3.63) is 51.2 Å². The summed E-state index contributed by atoms with van der Waals surface area (Å²) in [5, 5.41) is 2.58. The van der Waals surface area contributed by atoms with Gasteiger partial charge in [-0.3, -0.25) is 4.79 Å². The van der Waals surface area contributed by atoms with Crippen LogP contribution in [-0.4, -0.2) is 23.9 Å². The highest BCUT2D eigenvalue weighted by Crippen LogP contribution is 2.21. The Balaban J connectivity index is 2.11. The van der Waals surface area contributed by atoms with Gasteiger partial charge in [0.1, 0.15) is 0 Å². The van der Waals surface area contributed by atoms with Crippen LogP contribution in [0.2, 0.25) is 5.02 Å². The van der Waals surface area contributed by atoms with Gasteiger partial charge in [0.15, 0.2) is 0 Å². The fourth-order valence-corrected chi connectivity index (χ4v) is 2.98. The summed E-state index contributed by atoms with van der Waals surface area (Å²) < 4.78 is 0. The summed E-state index contributed by atoms with van der Waals surface area (Å²) in [6.07, 6.45) is 0.841. The second-order valence-corrected chi connectivity index (χ2v) is 6.25. The SMILES string of the molecule is CC(Cc1cccs1)N(C)C(=O)c1ccc(Cl)cc1N. The molecular formula is C15H17ClN2OS. The molecule has 0 bridgehead atoms. The molecule has 1 heterocycles. The minimum atomic E-state index is -0.0803. The molecule has 0 fully saturated rings. The Hall–Kier alpha value is -1.52. The van der Waals surface area contributed by atoms with Crippen molar-refractivity contribution in [2.75, 3.05) is 12.8 Å². The standard InChI is InChI=1S/C15H17ClN2OS/c1-10(8-12-4-3-7-20-12)18(2)15(19)13-6-5-11(16)9-14(13)17/h3-7,9-10H,8,17H2,1-2H3. The number of carbonyl (C=O) groups excluding carboxylic acids is 1. The number of hydrogen-bond donors (Lipinski definition) is 1. The maximum Gasteiger partial charge on any atom is 0.255 e. The van der Waals surface area contributed by atoms with Gasteiger partial charge in [-0.2, -0.15) is 0 Å². The molecule has 0 saturated carbocycles. The van der Waals surface area contributed by atoms with E-state index in [4.69, 9.17) is 17.3 Å². The zero-order chi connectivity index (χ0) is 14.7. The Morgan fingerprint density at radius 3 is 2.80 bits per heavy atom. The van der Waals surface area contributed by atoms with Crippen molar-refractivity contribution in [2.45, 2.75) is 19.4 Å². The first-order valence-electron chi connectivity index (χ1n) is 6.33. The van der Waals surface area contributed by atoms with Gasteiger partial charge in [-0.1, -0.05) is 17.7 Å². The highest BCUT2D eigenvalue weighted by molar-refractivity contribution is 7.09. The van der Waals surface area contributed by atoms with Crippen LogP contribution in [-0.2, 0) is 6.42 Å². The number of halogens is 1. The van der Waals surface area contributed by atoms with Gasteiger partial charge in [0, 0.05) is 35.1 Å². The number of nitrogens with two attached hydrogens (primary N) is 1. The topological polar surface area (TPSA) is 46.3 Å². The van der Waals surface area contributed by atoms with Gasteiger partial charge < -0.3 is 10.6 Å². The number of anilines is 1. The number of amides is 1. The molecule has 5 heteroatoms. The van der Waals surface area contributed by atoms with Gasteiger partial charge in [-0.05, 0) is 36.6 Å². The van der Waals surface area contributed by atoms with E-state index in [2.05, 4.69) is 6.07 Å². The zero-order valence-electron chi connectivity index (χ0n) is 11.5. The second kappa shape index (κ2) is 6.29. The molecule has 2 N–H and O–H groups in total. The number of nitrogen functional groups attached to an aromatic ring is 1. The lowest BCUT2D eigenvalue weighted by atomic mass is 10.1. The van der Waals surface area contributed by atoms with Crippen LogP contribution in [0.25, 0.3) is 0 Å². The maximum atomic E-state index is 12.5. The van der Waals surface area contributed by atoms with Gasteiger partial charge in [0.25, 0.3) is 5.91 Å². The molecule has 0 aliphatic rings. The predicted molar refractivity (Wildman–Crippen MR) is 85.4 cm³/mol. The van der Waals surface area contributed by atoms with Gasteiger partial charge >= 0.3 is 0 Å². The molecule has 1 aromatic carbocycles. The molecule has 0 aliphatic heterocycles. The Bertz CT molecular complexity index is 598. The van der Waals surface area contributed by atoms with E-state index in [1.54, 1.807) is 41.5 Å². The molecule has 1 aromatic heterocycles. The molecule has 0 radical (unpaired) electrons. The highest BCUT2D eigenvalue weighted by Gasteiger charge is 2.20. The fraction of sp³-hybridized carbons (Fsp3) is 0.267. The van der Waals surface area contributed by atoms with Crippen LogP contribution in [0.15, 0.2) is 35.7 Å². The minimum Gasteiger partial charge on any atom is -0.398 e. The normalized spacial score (nSPS) is 12.2. The molecule has 1 atom stereocenters. The van der Waals surface area contributed by atoms with Crippen LogP contribution < -0.4 is 5.73 Å². The Kier molecular flexibility index (Phi) is 4.68. The summed E-state index contributed by atoms with van der Waals surface area (Å²) in [6.45, 7) is 2.03. The summed E-state index contributed by atoms with van der Waals surface area (Å²) in [6, 6.07) is 9.17. The molecule has 0 saturated heterocycles. The summed E-state index contributed by atoms with van der Waals surface area (Å²) in [7, 11) is 1.80. The summed E-state index contributed by atoms with van der Waals surface area (Å²) in [5.41, 5.74) is 6.78. The monoisotopic (exact) mass is 308 g/mol. The van der Waals surface area contributed by atoms with Gasteiger partial charge in [0.2, 0.25) is 0 Å². The van der Waals surface area contributed by atoms with Crippen LogP contribution in [0, 0.1) is 0 Å². The number of rotatable bonds is 4. The maximum absolute atomic E-state index is 12.5. The first-order chi connectivity index (χ1) is 9.49. The van der Waals surface area contributed by atoms with Gasteiger partial charge in [-0.25, -0.2) is 0 Å². The van der Waals surface area contributed by atoms with E-state index in [1.807, 2.05) is 18.4 Å². The van der Waals surface area contributed by atoms with E-state index in [0.717, 1.165) is 6.42 Å². The zero-order valence-corrected chi connectivity index (χ0v) is 13.0. The van der Waals surface area contributed by atoms with E-state index in [0.29, 0.717) is 16.3 Å². The smallest absolute Gasteiger partial charge is 0.255 e. The summed E-state index contributed by atoms with van der Waals surface area (Å²) >= 11 is 7.56. The Morgan fingerprint density at radius 2 is 2.20 bits per heavy atom. The third-order valence-corrected chi connectivity index (χ3v) is 4.44. The van der Waals surface area contributed by atoms with Crippen LogP contribution >= 0.6 is 22.9 Å². The number of thiophene rings is 1. The van der Waals surface area contributed by atoms with Crippen LogP contribution in [0.3, 0.4) is 0 Å². The first-order valence-corrected chi connectivity index (χ1v) is 7.59. The molecule has 3 nitrogen and oxygen atoms in total. The van der Waals surface area contributed by atoms with Crippen molar-refractivity contribution in [1.29, 1.82) is 0 Å². The van der Waals surface area contributed by atoms with Crippen molar-refractivity contribution in [3.63, 3.8) is 0 Å². The van der Waals surface area contributed by atoms with Crippen molar-refractivity contribution < 1.29 is 4.79 Å². The van der Waals surface area contributed by atoms with E-state index in [-0.39, 0.29) is 11.9 Å². The number of likely N-dealkylation sites (N-methyl/N-ethyl adjacent to an activating group) is 1. The van der Waals surface area contributed by atoms with Gasteiger partial charge in [-0.15, -0.1) is 11.3 Å². The molecule has 106 valence electrons. The second-order valence-electron chi connectivity index (χ2n) is 4.78. The number of carbonyl (C=O) groups is 1. The lowest BCUT2D eigenvalue weighted by Gasteiger charge is -2.25. The predicted octanol–water partition coefficient (Wildman–Crippen LogP) is 3.69. The summed E-state index contributed by atoms with van der Waals surface area (Å²) in [5.74, 6) is -0.0803. The lowest BCUT2D eigenvalue weighted by Crippen LogP contribution is -2.36. The molecule has 1 unspecified atom stereocenters. The van der Waals surface area contributed by atoms with Crippen LogP contribution in [0.1, 0.15) is 22.2 Å². The van der Waals surface area contributed by atoms with E-state index < -0.39 is 0 Å².